The molecule has 4 rings (SSSR count). The molecule has 0 radical (unpaired) electrons. The Balaban J connectivity index is 1.42. The fraction of sp³-hybridized carbons (Fsp3) is 0.474. The van der Waals surface area contributed by atoms with Crippen molar-refractivity contribution in [2.75, 3.05) is 26.2 Å². The Labute approximate surface area is 152 Å². The molecule has 6 heteroatoms. The zero-order valence-corrected chi connectivity index (χ0v) is 15.1. The van der Waals surface area contributed by atoms with E-state index in [2.05, 4.69) is 17.0 Å². The van der Waals surface area contributed by atoms with Gasteiger partial charge in [-0.2, -0.15) is 0 Å². The number of carbonyl (C=O) groups excluding carboxylic acids is 1. The van der Waals surface area contributed by atoms with Gasteiger partial charge < -0.3 is 9.64 Å². The minimum Gasteiger partial charge on any atom is -0.441 e. The van der Waals surface area contributed by atoms with E-state index in [0.717, 1.165) is 55.6 Å². The van der Waals surface area contributed by atoms with Crippen molar-refractivity contribution in [3.63, 3.8) is 0 Å². The van der Waals surface area contributed by atoms with Crippen LogP contribution in [0.15, 0.2) is 30.3 Å². The molecule has 0 unspecified atom stereocenters. The van der Waals surface area contributed by atoms with Crippen LogP contribution in [-0.2, 0) is 11.3 Å². The molecule has 1 aromatic heterocycles. The summed E-state index contributed by atoms with van der Waals surface area (Å²) < 4.78 is 5.69. The van der Waals surface area contributed by atoms with Crippen molar-refractivity contribution in [2.24, 2.45) is 0 Å². The lowest BCUT2D eigenvalue weighted by molar-refractivity contribution is -0.00148. The summed E-state index contributed by atoms with van der Waals surface area (Å²) in [5.41, 5.74) is 1.59. The number of rotatable bonds is 3. The third-order valence-corrected chi connectivity index (χ3v) is 5.61. The first kappa shape index (κ1) is 16.6. The van der Waals surface area contributed by atoms with E-state index < -0.39 is 0 Å². The topological polar surface area (TPSA) is 45.7 Å². The Morgan fingerprint density at radius 1 is 1.24 bits per heavy atom. The quantitative estimate of drug-likeness (QED) is 0.838. The molecule has 2 fully saturated rings. The molecule has 0 bridgehead atoms. The molecule has 0 atom stereocenters. The van der Waals surface area contributed by atoms with Crippen molar-refractivity contribution < 1.29 is 9.53 Å². The van der Waals surface area contributed by atoms with Crippen LogP contribution in [0.1, 0.15) is 25.5 Å². The number of hydrogen-bond donors (Lipinski definition) is 0. The number of likely N-dealkylation sites (tertiary alicyclic amines) is 1. The van der Waals surface area contributed by atoms with Crippen LogP contribution in [0.3, 0.4) is 0 Å². The number of benzene rings is 1. The van der Waals surface area contributed by atoms with E-state index in [0.29, 0.717) is 11.6 Å². The minimum absolute atomic E-state index is 0.165. The van der Waals surface area contributed by atoms with Gasteiger partial charge in [-0.15, -0.1) is 0 Å². The highest BCUT2D eigenvalue weighted by Gasteiger charge is 2.46. The summed E-state index contributed by atoms with van der Waals surface area (Å²) in [4.78, 5) is 20.8. The Hall–Kier alpha value is -1.85. The third-order valence-electron chi connectivity index (χ3n) is 5.30. The van der Waals surface area contributed by atoms with Crippen LogP contribution in [0.2, 0.25) is 5.02 Å². The van der Waals surface area contributed by atoms with Crippen LogP contribution in [0, 0.1) is 0 Å². The van der Waals surface area contributed by atoms with E-state index in [4.69, 9.17) is 21.3 Å². The first-order chi connectivity index (χ1) is 12.1. The molecule has 5 nitrogen and oxygen atoms in total. The number of aromatic nitrogens is 1. The van der Waals surface area contributed by atoms with Gasteiger partial charge in [-0.05, 0) is 19.1 Å². The molecular formula is C19H22ClN3O2. The van der Waals surface area contributed by atoms with Gasteiger partial charge in [-0.25, -0.2) is 9.78 Å². The maximum Gasteiger partial charge on any atom is 0.410 e. The number of fused-ring (bicyclic) bond motifs is 1. The first-order valence-corrected chi connectivity index (χ1v) is 9.21. The molecule has 2 aliphatic heterocycles. The van der Waals surface area contributed by atoms with Gasteiger partial charge in [0.05, 0.1) is 22.8 Å². The average molecular weight is 360 g/mol. The highest BCUT2D eigenvalue weighted by Crippen LogP contribution is 2.33. The number of amides is 1. The first-order valence-electron chi connectivity index (χ1n) is 8.83. The Kier molecular flexibility index (Phi) is 4.29. The number of likely N-dealkylation sites (N-methyl/N-ethyl adjacent to an activating group) is 1. The largest absolute Gasteiger partial charge is 0.441 e. The number of para-hydroxylation sites is 1. The summed E-state index contributed by atoms with van der Waals surface area (Å²) in [5, 5.41) is 1.75. The molecule has 3 heterocycles. The molecule has 2 aromatic rings. The Morgan fingerprint density at radius 2 is 2.04 bits per heavy atom. The van der Waals surface area contributed by atoms with Crippen LogP contribution in [-0.4, -0.2) is 52.7 Å². The summed E-state index contributed by atoms with van der Waals surface area (Å²) >= 11 is 6.27. The lowest BCUT2D eigenvalue weighted by Gasteiger charge is -2.37. The molecule has 2 saturated heterocycles. The zero-order chi connectivity index (χ0) is 17.4. The van der Waals surface area contributed by atoms with E-state index in [1.54, 1.807) is 4.90 Å². The van der Waals surface area contributed by atoms with Crippen LogP contribution in [0.4, 0.5) is 4.79 Å². The average Bonchev–Trinajstić information content (AvgIpc) is 2.93. The second-order valence-electron chi connectivity index (χ2n) is 6.96. The van der Waals surface area contributed by atoms with Gasteiger partial charge in [0.25, 0.3) is 0 Å². The van der Waals surface area contributed by atoms with Gasteiger partial charge in [0.15, 0.2) is 0 Å². The number of pyridine rings is 1. The van der Waals surface area contributed by atoms with E-state index in [9.17, 15) is 4.79 Å². The second-order valence-corrected chi connectivity index (χ2v) is 7.36. The van der Waals surface area contributed by atoms with Crippen molar-refractivity contribution in [2.45, 2.75) is 31.9 Å². The van der Waals surface area contributed by atoms with Crippen molar-refractivity contribution in [1.29, 1.82) is 0 Å². The molecular weight excluding hydrogens is 338 g/mol. The molecule has 25 heavy (non-hydrogen) atoms. The summed E-state index contributed by atoms with van der Waals surface area (Å²) in [6.45, 7) is 6.04. The summed E-state index contributed by atoms with van der Waals surface area (Å²) in [6.07, 6.45) is 1.59. The SMILES string of the molecule is CCN1CC2(CCN(Cc3ccc4cccc(Cl)c4n3)CC2)OC1=O. The fourth-order valence-electron chi connectivity index (χ4n) is 3.78. The molecule has 0 aliphatic carbocycles. The predicted molar refractivity (Wildman–Crippen MR) is 97.7 cm³/mol. The Morgan fingerprint density at radius 3 is 2.76 bits per heavy atom. The number of carbonyl (C=O) groups is 1. The highest BCUT2D eigenvalue weighted by atomic mass is 35.5. The normalized spacial score (nSPS) is 20.4. The number of halogens is 1. The van der Waals surface area contributed by atoms with Gasteiger partial charge in [-0.3, -0.25) is 4.90 Å². The summed E-state index contributed by atoms with van der Waals surface area (Å²) in [6, 6.07) is 9.98. The number of hydrogen-bond acceptors (Lipinski definition) is 4. The van der Waals surface area contributed by atoms with Crippen molar-refractivity contribution in [3.8, 4) is 0 Å². The maximum absolute atomic E-state index is 11.9. The maximum atomic E-state index is 11.9. The third kappa shape index (κ3) is 3.18. The van der Waals surface area contributed by atoms with Crippen molar-refractivity contribution >= 4 is 28.6 Å². The summed E-state index contributed by atoms with van der Waals surface area (Å²) in [5.74, 6) is 0. The molecule has 132 valence electrons. The van der Waals surface area contributed by atoms with Crippen LogP contribution >= 0.6 is 11.6 Å². The van der Waals surface area contributed by atoms with Gasteiger partial charge in [0.1, 0.15) is 5.60 Å². The second kappa shape index (κ2) is 6.46. The van der Waals surface area contributed by atoms with E-state index in [1.165, 1.54) is 0 Å². The zero-order valence-electron chi connectivity index (χ0n) is 14.4. The molecule has 1 amide bonds. The monoisotopic (exact) mass is 359 g/mol. The molecule has 2 aliphatic rings. The van der Waals surface area contributed by atoms with E-state index >= 15 is 0 Å². The predicted octanol–water partition coefficient (Wildman–Crippen LogP) is 3.69. The number of nitrogens with zero attached hydrogens (tertiary/aromatic N) is 3. The highest BCUT2D eigenvalue weighted by molar-refractivity contribution is 6.35. The van der Waals surface area contributed by atoms with Crippen LogP contribution in [0.5, 0.6) is 0 Å². The fourth-order valence-corrected chi connectivity index (χ4v) is 4.01. The van der Waals surface area contributed by atoms with Gasteiger partial charge >= 0.3 is 6.09 Å². The summed E-state index contributed by atoms with van der Waals surface area (Å²) in [7, 11) is 0. The lowest BCUT2D eigenvalue weighted by atomic mass is 9.91. The smallest absolute Gasteiger partial charge is 0.410 e. The van der Waals surface area contributed by atoms with Crippen LogP contribution < -0.4 is 0 Å². The number of ether oxygens (including phenoxy) is 1. The molecule has 1 spiro atoms. The van der Waals surface area contributed by atoms with Crippen molar-refractivity contribution in [3.05, 3.63) is 41.0 Å². The lowest BCUT2D eigenvalue weighted by Crippen LogP contribution is -2.46. The minimum atomic E-state index is -0.288. The van der Waals surface area contributed by atoms with E-state index in [-0.39, 0.29) is 11.7 Å². The van der Waals surface area contributed by atoms with E-state index in [1.807, 2.05) is 25.1 Å². The molecule has 0 N–H and O–H groups in total. The Bertz CT molecular complexity index is 802. The van der Waals surface area contributed by atoms with Crippen molar-refractivity contribution in [1.82, 2.24) is 14.8 Å². The molecule has 0 saturated carbocycles. The van der Waals surface area contributed by atoms with Crippen LogP contribution in [0.25, 0.3) is 10.9 Å². The van der Waals surface area contributed by atoms with Gasteiger partial charge in [-0.1, -0.05) is 29.8 Å². The van der Waals surface area contributed by atoms with Gasteiger partial charge in [0.2, 0.25) is 0 Å². The standard InChI is InChI=1S/C19H22ClN3O2/c1-2-23-13-19(25-18(23)24)8-10-22(11-9-19)12-15-7-6-14-4-3-5-16(20)17(14)21-15/h3-7H,2,8-13H2,1H3. The molecule has 1 aromatic carbocycles. The number of piperidine rings is 1. The van der Waals surface area contributed by atoms with Gasteiger partial charge in [0, 0.05) is 44.4 Å².